The standard InChI is InChI=1S/C11H13BrN4O/c1-6-3-15-11(17-6)7(2)16-10-8(12)4-14-5-9(10)13/h3-5,7H,13H2,1-2H3,(H,14,16). The van der Waals surface area contributed by atoms with Crippen molar-refractivity contribution in [1.82, 2.24) is 9.97 Å². The molecule has 1 unspecified atom stereocenters. The van der Waals surface area contributed by atoms with E-state index in [0.29, 0.717) is 11.6 Å². The average molecular weight is 297 g/mol. The lowest BCUT2D eigenvalue weighted by Crippen LogP contribution is -2.09. The van der Waals surface area contributed by atoms with Crippen molar-refractivity contribution in [1.29, 1.82) is 0 Å². The summed E-state index contributed by atoms with van der Waals surface area (Å²) >= 11 is 3.40. The molecule has 0 aliphatic carbocycles. The van der Waals surface area contributed by atoms with E-state index in [1.54, 1.807) is 18.6 Å². The fraction of sp³-hybridized carbons (Fsp3) is 0.273. The molecule has 3 N–H and O–H groups in total. The average Bonchev–Trinajstić information content (AvgIpc) is 2.70. The number of nitrogens with one attached hydrogen (secondary N) is 1. The molecule has 0 saturated heterocycles. The number of pyridine rings is 1. The zero-order valence-corrected chi connectivity index (χ0v) is 11.2. The number of hydrogen-bond acceptors (Lipinski definition) is 5. The molecule has 6 heteroatoms. The van der Waals surface area contributed by atoms with Gasteiger partial charge < -0.3 is 15.5 Å². The first-order valence-corrected chi connectivity index (χ1v) is 5.95. The predicted octanol–water partition coefficient (Wildman–Crippen LogP) is 2.90. The molecule has 2 rings (SSSR count). The number of anilines is 2. The first-order valence-electron chi connectivity index (χ1n) is 5.15. The molecular weight excluding hydrogens is 284 g/mol. The molecule has 1 atom stereocenters. The van der Waals surface area contributed by atoms with Gasteiger partial charge >= 0.3 is 0 Å². The van der Waals surface area contributed by atoms with Gasteiger partial charge in [0.15, 0.2) is 0 Å². The summed E-state index contributed by atoms with van der Waals surface area (Å²) in [7, 11) is 0. The first kappa shape index (κ1) is 11.9. The van der Waals surface area contributed by atoms with Crippen molar-refractivity contribution in [3.05, 3.63) is 34.7 Å². The quantitative estimate of drug-likeness (QED) is 0.911. The van der Waals surface area contributed by atoms with Crippen LogP contribution in [0.25, 0.3) is 0 Å². The van der Waals surface area contributed by atoms with Gasteiger partial charge in [-0.25, -0.2) is 4.98 Å². The van der Waals surface area contributed by atoms with Gasteiger partial charge in [-0.3, -0.25) is 4.98 Å². The van der Waals surface area contributed by atoms with Gasteiger partial charge in [0, 0.05) is 6.20 Å². The fourth-order valence-electron chi connectivity index (χ4n) is 1.45. The number of hydrogen-bond donors (Lipinski definition) is 2. The number of nitrogens with two attached hydrogens (primary N) is 1. The lowest BCUT2D eigenvalue weighted by Gasteiger charge is -2.14. The molecule has 0 amide bonds. The maximum absolute atomic E-state index is 5.85. The molecule has 0 aliphatic heterocycles. The predicted molar refractivity (Wildman–Crippen MR) is 69.6 cm³/mol. The van der Waals surface area contributed by atoms with Crippen LogP contribution in [0.1, 0.15) is 24.6 Å². The van der Waals surface area contributed by atoms with E-state index in [4.69, 9.17) is 10.2 Å². The molecule has 90 valence electrons. The van der Waals surface area contributed by atoms with Crippen molar-refractivity contribution in [2.24, 2.45) is 0 Å². The van der Waals surface area contributed by atoms with E-state index in [0.717, 1.165) is 15.9 Å². The number of nitrogens with zero attached hydrogens (tertiary/aromatic N) is 2. The molecule has 0 saturated carbocycles. The third-order valence-corrected chi connectivity index (χ3v) is 2.90. The molecule has 0 bridgehead atoms. The van der Waals surface area contributed by atoms with Gasteiger partial charge in [0.1, 0.15) is 11.8 Å². The summed E-state index contributed by atoms with van der Waals surface area (Å²) in [6.45, 7) is 3.82. The fourth-order valence-corrected chi connectivity index (χ4v) is 1.91. The van der Waals surface area contributed by atoms with E-state index in [1.165, 1.54) is 0 Å². The maximum Gasteiger partial charge on any atom is 0.216 e. The Labute approximate surface area is 108 Å². The van der Waals surface area contributed by atoms with Crippen molar-refractivity contribution in [3.63, 3.8) is 0 Å². The zero-order valence-electron chi connectivity index (χ0n) is 9.57. The van der Waals surface area contributed by atoms with Gasteiger partial charge in [0.25, 0.3) is 0 Å². The Morgan fingerprint density at radius 3 is 2.76 bits per heavy atom. The Bertz CT molecular complexity index is 506. The van der Waals surface area contributed by atoms with Crippen LogP contribution in [-0.2, 0) is 0 Å². The van der Waals surface area contributed by atoms with Crippen LogP contribution < -0.4 is 11.1 Å². The van der Waals surface area contributed by atoms with Crippen LogP contribution in [-0.4, -0.2) is 9.97 Å². The number of aromatic nitrogens is 2. The van der Waals surface area contributed by atoms with Crippen molar-refractivity contribution in [3.8, 4) is 0 Å². The number of nitrogen functional groups attached to an aromatic ring is 1. The number of oxazole rings is 1. The van der Waals surface area contributed by atoms with Crippen LogP contribution in [0.2, 0.25) is 0 Å². The summed E-state index contributed by atoms with van der Waals surface area (Å²) in [6, 6.07) is -0.0651. The van der Waals surface area contributed by atoms with Crippen molar-refractivity contribution < 1.29 is 4.42 Å². The second kappa shape index (κ2) is 4.75. The van der Waals surface area contributed by atoms with Crippen molar-refractivity contribution >= 4 is 27.3 Å². The summed E-state index contributed by atoms with van der Waals surface area (Å²) in [5.41, 5.74) is 7.22. The molecule has 2 heterocycles. The Morgan fingerprint density at radius 1 is 1.41 bits per heavy atom. The summed E-state index contributed by atoms with van der Waals surface area (Å²) < 4.78 is 6.26. The van der Waals surface area contributed by atoms with Gasteiger partial charge in [-0.2, -0.15) is 0 Å². The maximum atomic E-state index is 5.85. The third-order valence-electron chi connectivity index (χ3n) is 2.30. The summed E-state index contributed by atoms with van der Waals surface area (Å²) in [4.78, 5) is 8.15. The van der Waals surface area contributed by atoms with Crippen LogP contribution in [0.15, 0.2) is 27.5 Å². The highest BCUT2D eigenvalue weighted by molar-refractivity contribution is 9.10. The number of rotatable bonds is 3. The molecular formula is C11H13BrN4O. The smallest absolute Gasteiger partial charge is 0.216 e. The van der Waals surface area contributed by atoms with Crippen LogP contribution >= 0.6 is 15.9 Å². The molecule has 17 heavy (non-hydrogen) atoms. The van der Waals surface area contributed by atoms with E-state index in [-0.39, 0.29) is 6.04 Å². The highest BCUT2D eigenvalue weighted by Crippen LogP contribution is 2.30. The highest BCUT2D eigenvalue weighted by Gasteiger charge is 2.14. The number of halogens is 1. The van der Waals surface area contributed by atoms with Crippen molar-refractivity contribution in [2.45, 2.75) is 19.9 Å². The topological polar surface area (TPSA) is 77.0 Å². The second-order valence-corrected chi connectivity index (χ2v) is 4.62. The summed E-state index contributed by atoms with van der Waals surface area (Å²) in [5, 5.41) is 3.24. The Morgan fingerprint density at radius 2 is 2.18 bits per heavy atom. The van der Waals surface area contributed by atoms with Gasteiger partial charge in [-0.1, -0.05) is 0 Å². The highest BCUT2D eigenvalue weighted by atomic mass is 79.9. The first-order chi connectivity index (χ1) is 8.08. The molecule has 0 aliphatic rings. The molecule has 0 radical (unpaired) electrons. The van der Waals surface area contributed by atoms with E-state index >= 15 is 0 Å². The van der Waals surface area contributed by atoms with Crippen LogP contribution in [0.5, 0.6) is 0 Å². The monoisotopic (exact) mass is 296 g/mol. The van der Waals surface area contributed by atoms with Gasteiger partial charge in [-0.05, 0) is 29.8 Å². The molecule has 0 spiro atoms. The minimum atomic E-state index is -0.0651. The molecule has 0 aromatic carbocycles. The molecule has 5 nitrogen and oxygen atoms in total. The van der Waals surface area contributed by atoms with E-state index in [2.05, 4.69) is 31.2 Å². The van der Waals surface area contributed by atoms with Crippen LogP contribution in [0.3, 0.4) is 0 Å². The van der Waals surface area contributed by atoms with E-state index in [1.807, 2.05) is 13.8 Å². The lowest BCUT2D eigenvalue weighted by atomic mass is 10.3. The molecule has 2 aromatic heterocycles. The minimum absolute atomic E-state index is 0.0651. The minimum Gasteiger partial charge on any atom is -0.444 e. The number of aryl methyl sites for hydroxylation is 1. The summed E-state index contributed by atoms with van der Waals surface area (Å²) in [6.07, 6.45) is 4.98. The van der Waals surface area contributed by atoms with Crippen LogP contribution in [0.4, 0.5) is 11.4 Å². The Balaban J connectivity index is 2.21. The van der Waals surface area contributed by atoms with E-state index < -0.39 is 0 Å². The molecule has 0 fully saturated rings. The van der Waals surface area contributed by atoms with Gasteiger partial charge in [-0.15, -0.1) is 0 Å². The second-order valence-electron chi connectivity index (χ2n) is 3.76. The SMILES string of the molecule is Cc1cnc(C(C)Nc2c(N)cncc2Br)o1. The van der Waals surface area contributed by atoms with Gasteiger partial charge in [0.2, 0.25) is 5.89 Å². The Hall–Kier alpha value is -1.56. The normalized spacial score (nSPS) is 12.4. The largest absolute Gasteiger partial charge is 0.444 e. The zero-order chi connectivity index (χ0) is 12.4. The van der Waals surface area contributed by atoms with Crippen molar-refractivity contribution in [2.75, 3.05) is 11.1 Å². The van der Waals surface area contributed by atoms with Crippen LogP contribution in [0, 0.1) is 6.92 Å². The lowest BCUT2D eigenvalue weighted by molar-refractivity contribution is 0.453. The molecule has 2 aromatic rings. The third kappa shape index (κ3) is 2.58. The van der Waals surface area contributed by atoms with E-state index in [9.17, 15) is 0 Å². The van der Waals surface area contributed by atoms with Gasteiger partial charge in [0.05, 0.1) is 28.2 Å². The Kier molecular flexibility index (Phi) is 3.33. The summed E-state index contributed by atoms with van der Waals surface area (Å²) in [5.74, 6) is 1.42.